The van der Waals surface area contributed by atoms with Crippen LogP contribution in [0.25, 0.3) is 0 Å². The Morgan fingerprint density at radius 3 is 2.82 bits per heavy atom. The minimum atomic E-state index is -0.927. The summed E-state index contributed by atoms with van der Waals surface area (Å²) in [5.41, 5.74) is 0. The lowest BCUT2D eigenvalue weighted by atomic mass is 10.1. The number of amides is 2. The lowest BCUT2D eigenvalue weighted by Crippen LogP contribution is -2.33. The van der Waals surface area contributed by atoms with Crippen molar-refractivity contribution in [2.75, 3.05) is 0 Å². The van der Waals surface area contributed by atoms with Gasteiger partial charge in [-0.2, -0.15) is 0 Å². The quantitative estimate of drug-likeness (QED) is 0.469. The number of imide groups is 1. The summed E-state index contributed by atoms with van der Waals surface area (Å²) in [5.74, 6) is -0.533. The summed E-state index contributed by atoms with van der Waals surface area (Å²) in [5, 5.41) is 9.08. The number of carbonyl (C=O) groups is 2. The molecule has 2 fully saturated rings. The van der Waals surface area contributed by atoms with Crippen molar-refractivity contribution in [3.8, 4) is 0 Å². The highest BCUT2D eigenvalue weighted by Gasteiger charge is 2.45. The summed E-state index contributed by atoms with van der Waals surface area (Å²) in [6.45, 7) is 0. The smallest absolute Gasteiger partial charge is 0.258 e. The van der Waals surface area contributed by atoms with Crippen LogP contribution in [0.1, 0.15) is 19.3 Å². The molecular weight excluding hydrogens is 146 g/mol. The highest BCUT2D eigenvalue weighted by Crippen LogP contribution is 2.29. The van der Waals surface area contributed by atoms with Crippen LogP contribution >= 0.6 is 0 Å². The van der Waals surface area contributed by atoms with Gasteiger partial charge in [0.05, 0.1) is 0 Å². The summed E-state index contributed by atoms with van der Waals surface area (Å²) in [6.07, 6.45) is 0.694. The Kier molecular flexibility index (Phi) is 1.26. The molecule has 0 aliphatic carbocycles. The van der Waals surface area contributed by atoms with Gasteiger partial charge in [-0.05, 0) is 6.42 Å². The Hall–Kier alpha value is -0.900. The molecule has 0 aromatic rings. The first-order valence-corrected chi connectivity index (χ1v) is 3.74. The van der Waals surface area contributed by atoms with E-state index in [1.54, 1.807) is 0 Å². The van der Waals surface area contributed by atoms with E-state index in [2.05, 4.69) is 0 Å². The van der Waals surface area contributed by atoms with Crippen molar-refractivity contribution in [2.24, 2.45) is 0 Å². The van der Waals surface area contributed by atoms with E-state index in [9.17, 15) is 9.59 Å². The molecule has 11 heavy (non-hydrogen) atoms. The fourth-order valence-electron chi connectivity index (χ4n) is 1.79. The van der Waals surface area contributed by atoms with Gasteiger partial charge < -0.3 is 5.11 Å². The predicted octanol–water partition coefficient (Wildman–Crippen LogP) is -0.731. The van der Waals surface area contributed by atoms with E-state index < -0.39 is 12.0 Å². The molecule has 0 saturated carbocycles. The SMILES string of the molecule is O=C1CCC2CC(O)C(=O)N12. The van der Waals surface area contributed by atoms with Crippen LogP contribution in [0.15, 0.2) is 0 Å². The molecule has 2 saturated heterocycles. The molecule has 2 aliphatic heterocycles. The van der Waals surface area contributed by atoms with E-state index >= 15 is 0 Å². The molecule has 0 bridgehead atoms. The standard InChI is InChI=1S/C7H9NO3/c9-5-3-4-1-2-6(10)8(4)7(5)11/h4-5,9H,1-3H2. The van der Waals surface area contributed by atoms with Gasteiger partial charge in [0, 0.05) is 18.9 Å². The second kappa shape index (κ2) is 2.04. The van der Waals surface area contributed by atoms with E-state index in [1.807, 2.05) is 0 Å². The van der Waals surface area contributed by atoms with E-state index in [1.165, 1.54) is 4.90 Å². The Bertz CT molecular complexity index is 226. The van der Waals surface area contributed by atoms with Gasteiger partial charge in [0.25, 0.3) is 5.91 Å². The summed E-state index contributed by atoms with van der Waals surface area (Å²) in [6, 6.07) is -0.00926. The van der Waals surface area contributed by atoms with Crippen molar-refractivity contribution in [3.63, 3.8) is 0 Å². The monoisotopic (exact) mass is 155 g/mol. The molecule has 0 aromatic heterocycles. The third kappa shape index (κ3) is 0.790. The number of aliphatic hydroxyl groups excluding tert-OH is 1. The van der Waals surface area contributed by atoms with Crippen molar-refractivity contribution >= 4 is 11.8 Å². The Morgan fingerprint density at radius 2 is 2.18 bits per heavy atom. The van der Waals surface area contributed by atoms with Crippen molar-refractivity contribution in [2.45, 2.75) is 31.4 Å². The Morgan fingerprint density at radius 1 is 1.45 bits per heavy atom. The molecule has 0 spiro atoms. The zero-order valence-electron chi connectivity index (χ0n) is 5.99. The molecule has 4 heteroatoms. The maximum absolute atomic E-state index is 11.1. The molecule has 2 amide bonds. The van der Waals surface area contributed by atoms with E-state index in [4.69, 9.17) is 5.11 Å². The molecule has 2 aliphatic rings. The molecule has 2 rings (SSSR count). The van der Waals surface area contributed by atoms with Gasteiger partial charge in [-0.1, -0.05) is 0 Å². The number of hydrogen-bond acceptors (Lipinski definition) is 3. The van der Waals surface area contributed by atoms with Gasteiger partial charge in [-0.3, -0.25) is 14.5 Å². The normalized spacial score (nSPS) is 36.6. The summed E-state index contributed by atoms with van der Waals surface area (Å²) in [4.78, 5) is 23.3. The number of hydrogen-bond donors (Lipinski definition) is 1. The van der Waals surface area contributed by atoms with Crippen molar-refractivity contribution < 1.29 is 14.7 Å². The van der Waals surface area contributed by atoms with Crippen molar-refractivity contribution in [3.05, 3.63) is 0 Å². The topological polar surface area (TPSA) is 57.6 Å². The van der Waals surface area contributed by atoms with Gasteiger partial charge in [-0.15, -0.1) is 0 Å². The minimum absolute atomic E-state index is 0.00926. The second-order valence-corrected chi connectivity index (χ2v) is 3.05. The fraction of sp³-hybridized carbons (Fsp3) is 0.714. The fourth-order valence-corrected chi connectivity index (χ4v) is 1.79. The molecule has 60 valence electrons. The van der Waals surface area contributed by atoms with Crippen LogP contribution in [0.3, 0.4) is 0 Å². The highest BCUT2D eigenvalue weighted by molar-refractivity contribution is 6.00. The molecule has 0 aromatic carbocycles. The third-order valence-electron chi connectivity index (χ3n) is 2.34. The largest absolute Gasteiger partial charge is 0.383 e. The van der Waals surface area contributed by atoms with Gasteiger partial charge in [-0.25, -0.2) is 0 Å². The van der Waals surface area contributed by atoms with Crippen LogP contribution in [0.2, 0.25) is 0 Å². The zero-order valence-corrected chi connectivity index (χ0v) is 5.99. The van der Waals surface area contributed by atoms with Crippen LogP contribution in [0.5, 0.6) is 0 Å². The predicted molar refractivity (Wildman–Crippen MR) is 35.5 cm³/mol. The first-order valence-electron chi connectivity index (χ1n) is 3.74. The van der Waals surface area contributed by atoms with Crippen molar-refractivity contribution in [1.29, 1.82) is 0 Å². The van der Waals surface area contributed by atoms with Crippen molar-refractivity contribution in [1.82, 2.24) is 4.90 Å². The Labute approximate surface area is 63.8 Å². The van der Waals surface area contributed by atoms with Gasteiger partial charge >= 0.3 is 0 Å². The van der Waals surface area contributed by atoms with Crippen LogP contribution in [0, 0.1) is 0 Å². The summed E-state index contributed by atoms with van der Waals surface area (Å²) >= 11 is 0. The first-order chi connectivity index (χ1) is 5.20. The number of rotatable bonds is 0. The average Bonchev–Trinajstić information content (AvgIpc) is 2.41. The maximum Gasteiger partial charge on any atom is 0.258 e. The second-order valence-electron chi connectivity index (χ2n) is 3.05. The van der Waals surface area contributed by atoms with E-state index in [0.717, 1.165) is 6.42 Å². The minimum Gasteiger partial charge on any atom is -0.383 e. The van der Waals surface area contributed by atoms with Crippen LogP contribution in [-0.2, 0) is 9.59 Å². The molecular formula is C7H9NO3. The highest BCUT2D eigenvalue weighted by atomic mass is 16.3. The lowest BCUT2D eigenvalue weighted by molar-refractivity contribution is -0.144. The number of fused-ring (bicyclic) bond motifs is 1. The molecule has 4 nitrogen and oxygen atoms in total. The van der Waals surface area contributed by atoms with Gasteiger partial charge in [0.1, 0.15) is 6.10 Å². The maximum atomic E-state index is 11.1. The summed E-state index contributed by atoms with van der Waals surface area (Å²) in [7, 11) is 0. The van der Waals surface area contributed by atoms with E-state index in [-0.39, 0.29) is 11.9 Å². The molecule has 2 unspecified atom stereocenters. The van der Waals surface area contributed by atoms with Gasteiger partial charge in [0.2, 0.25) is 5.91 Å². The number of nitrogens with zero attached hydrogens (tertiary/aromatic N) is 1. The van der Waals surface area contributed by atoms with Gasteiger partial charge in [0.15, 0.2) is 0 Å². The third-order valence-corrected chi connectivity index (χ3v) is 2.34. The van der Waals surface area contributed by atoms with Crippen LogP contribution in [-0.4, -0.2) is 34.0 Å². The Balaban J connectivity index is 2.26. The zero-order chi connectivity index (χ0) is 8.01. The lowest BCUT2D eigenvalue weighted by Gasteiger charge is -2.10. The van der Waals surface area contributed by atoms with E-state index in [0.29, 0.717) is 12.8 Å². The summed E-state index contributed by atoms with van der Waals surface area (Å²) < 4.78 is 0. The molecule has 2 atom stereocenters. The number of carbonyl (C=O) groups excluding carboxylic acids is 2. The average molecular weight is 155 g/mol. The van der Waals surface area contributed by atoms with Crippen LogP contribution in [0.4, 0.5) is 0 Å². The molecule has 0 radical (unpaired) electrons. The van der Waals surface area contributed by atoms with Crippen LogP contribution < -0.4 is 0 Å². The number of aliphatic hydroxyl groups is 1. The molecule has 1 N–H and O–H groups in total. The molecule has 2 heterocycles. The first kappa shape index (κ1) is 6.79.